The van der Waals surface area contributed by atoms with Crippen LogP contribution < -0.4 is 9.46 Å². The van der Waals surface area contributed by atoms with E-state index in [9.17, 15) is 23.3 Å². The molecule has 11 nitrogen and oxygen atoms in total. The zero-order valence-electron chi connectivity index (χ0n) is 17.8. The molecule has 2 heterocycles. The second kappa shape index (κ2) is 8.63. The van der Waals surface area contributed by atoms with Crippen LogP contribution in [0.3, 0.4) is 0 Å². The number of carbonyl (C=O) groups excluding carboxylic acids is 1. The molecule has 1 aromatic carbocycles. The van der Waals surface area contributed by atoms with E-state index in [1.807, 2.05) is 0 Å². The fourth-order valence-corrected chi connectivity index (χ4v) is 4.81. The molecule has 1 aromatic heterocycles. The third kappa shape index (κ3) is 4.69. The summed E-state index contributed by atoms with van der Waals surface area (Å²) in [7, 11) is -2.52. The van der Waals surface area contributed by atoms with Crippen LogP contribution in [0.2, 0.25) is 0 Å². The fraction of sp³-hybridized carbons (Fsp3) is 0.474. The number of aryl methyl sites for hydroxylation is 1. The van der Waals surface area contributed by atoms with Crippen molar-refractivity contribution in [3.63, 3.8) is 0 Å². The summed E-state index contributed by atoms with van der Waals surface area (Å²) in [5, 5.41) is 15.4. The molecular weight excluding hydrogens is 426 g/mol. The van der Waals surface area contributed by atoms with Crippen LogP contribution in [0.4, 0.5) is 5.69 Å². The number of likely N-dealkylation sites (tertiary alicyclic amines) is 1. The Morgan fingerprint density at radius 1 is 1.29 bits per heavy atom. The van der Waals surface area contributed by atoms with E-state index >= 15 is 0 Å². The van der Waals surface area contributed by atoms with Gasteiger partial charge in [-0.1, -0.05) is 0 Å². The van der Waals surface area contributed by atoms with Crippen molar-refractivity contribution < 1.29 is 22.9 Å². The van der Waals surface area contributed by atoms with E-state index in [2.05, 4.69) is 9.82 Å². The Bertz CT molecular complexity index is 1120. The Morgan fingerprint density at radius 2 is 1.94 bits per heavy atom. The molecule has 2 aromatic rings. The second-order valence-electron chi connectivity index (χ2n) is 7.67. The number of nitrogens with one attached hydrogen (secondary N) is 1. The Kier molecular flexibility index (Phi) is 6.32. The van der Waals surface area contributed by atoms with E-state index in [4.69, 9.17) is 4.74 Å². The van der Waals surface area contributed by atoms with Gasteiger partial charge in [0.1, 0.15) is 10.6 Å². The predicted octanol–water partition coefficient (Wildman–Crippen LogP) is 2.35. The summed E-state index contributed by atoms with van der Waals surface area (Å²) < 4.78 is 35.2. The highest BCUT2D eigenvalue weighted by Crippen LogP contribution is 2.34. The number of sulfonamides is 1. The molecule has 1 aliphatic rings. The van der Waals surface area contributed by atoms with Gasteiger partial charge in [-0.05, 0) is 39.7 Å². The summed E-state index contributed by atoms with van der Waals surface area (Å²) in [4.78, 5) is 24.6. The number of hydrogen-bond donors (Lipinski definition) is 1. The molecule has 168 valence electrons. The second-order valence-corrected chi connectivity index (χ2v) is 9.35. The number of rotatable bonds is 7. The van der Waals surface area contributed by atoms with Crippen LogP contribution in [0.5, 0.6) is 11.6 Å². The number of benzene rings is 1. The van der Waals surface area contributed by atoms with E-state index in [1.165, 1.54) is 10.7 Å². The maximum atomic E-state index is 12.8. The van der Waals surface area contributed by atoms with Crippen molar-refractivity contribution >= 4 is 21.6 Å². The number of non-ortho nitro benzene ring substituents is 1. The molecular formula is C19H25N5O6S. The first-order valence-electron chi connectivity index (χ1n) is 9.82. The maximum Gasteiger partial charge on any atom is 0.274 e. The monoisotopic (exact) mass is 451 g/mol. The summed E-state index contributed by atoms with van der Waals surface area (Å²) in [6.07, 6.45) is 1.88. The molecule has 0 spiro atoms. The number of carbonyl (C=O) groups is 1. The molecule has 1 N–H and O–H groups in total. The lowest BCUT2D eigenvalue weighted by molar-refractivity contribution is -0.385. The number of aromatic nitrogens is 2. The van der Waals surface area contributed by atoms with Gasteiger partial charge >= 0.3 is 0 Å². The number of amides is 1. The first kappa shape index (κ1) is 22.7. The van der Waals surface area contributed by atoms with E-state index < -0.39 is 21.0 Å². The van der Waals surface area contributed by atoms with Gasteiger partial charge in [0.25, 0.3) is 11.6 Å². The number of nitro groups is 1. The van der Waals surface area contributed by atoms with Crippen molar-refractivity contribution in [3.05, 3.63) is 39.6 Å². The standard InChI is InChI=1S/C19H25N5O6S/c1-12(2)21-31(28,29)16-11-14(24(26)27)7-8-15(16)30-19-13(3)17(20-22(19)4)18(25)23-9-5-6-10-23/h7-8,11-12,21H,5-6,9-10H2,1-4H3. The minimum atomic E-state index is -4.10. The molecule has 0 unspecified atom stereocenters. The highest BCUT2D eigenvalue weighted by molar-refractivity contribution is 7.89. The van der Waals surface area contributed by atoms with Crippen molar-refractivity contribution in [2.24, 2.45) is 7.05 Å². The van der Waals surface area contributed by atoms with Gasteiger partial charge in [-0.15, -0.1) is 0 Å². The lowest BCUT2D eigenvalue weighted by Crippen LogP contribution is -2.30. The summed E-state index contributed by atoms with van der Waals surface area (Å²) >= 11 is 0. The Labute approximate surface area is 180 Å². The van der Waals surface area contributed by atoms with Gasteiger partial charge in [0.2, 0.25) is 15.9 Å². The molecule has 31 heavy (non-hydrogen) atoms. The van der Waals surface area contributed by atoms with E-state index in [0.717, 1.165) is 25.0 Å². The Morgan fingerprint density at radius 3 is 2.52 bits per heavy atom. The van der Waals surface area contributed by atoms with Gasteiger partial charge in [0.15, 0.2) is 5.69 Å². The van der Waals surface area contributed by atoms with Crippen molar-refractivity contribution in [1.82, 2.24) is 19.4 Å². The number of hydrogen-bond acceptors (Lipinski definition) is 7. The zero-order chi connectivity index (χ0) is 22.9. The van der Waals surface area contributed by atoms with E-state index in [0.29, 0.717) is 18.7 Å². The molecule has 3 rings (SSSR count). The molecule has 1 fully saturated rings. The molecule has 1 amide bonds. The van der Waals surface area contributed by atoms with Crippen molar-refractivity contribution in [3.8, 4) is 11.6 Å². The minimum absolute atomic E-state index is 0.106. The van der Waals surface area contributed by atoms with E-state index in [-0.39, 0.29) is 33.8 Å². The average Bonchev–Trinajstić information content (AvgIpc) is 3.31. The molecule has 0 aliphatic carbocycles. The molecule has 0 bridgehead atoms. The van der Waals surface area contributed by atoms with Crippen LogP contribution in [0.1, 0.15) is 42.7 Å². The quantitative estimate of drug-likeness (QED) is 0.504. The van der Waals surface area contributed by atoms with Gasteiger partial charge in [0, 0.05) is 43.9 Å². The fourth-order valence-electron chi connectivity index (χ4n) is 3.41. The van der Waals surface area contributed by atoms with E-state index in [1.54, 1.807) is 32.7 Å². The van der Waals surface area contributed by atoms with Crippen molar-refractivity contribution in [2.75, 3.05) is 13.1 Å². The van der Waals surface area contributed by atoms with Crippen molar-refractivity contribution in [1.29, 1.82) is 0 Å². The SMILES string of the molecule is Cc1c(C(=O)N2CCCC2)nn(C)c1Oc1ccc([N+](=O)[O-])cc1S(=O)(=O)NC(C)C. The lowest BCUT2D eigenvalue weighted by Gasteiger charge is -2.15. The molecule has 1 aliphatic heterocycles. The number of nitro benzene ring substituents is 1. The molecule has 0 saturated carbocycles. The molecule has 1 saturated heterocycles. The highest BCUT2D eigenvalue weighted by atomic mass is 32.2. The first-order valence-corrected chi connectivity index (χ1v) is 11.3. The van der Waals surface area contributed by atoms with Gasteiger partial charge < -0.3 is 9.64 Å². The van der Waals surface area contributed by atoms with Crippen LogP contribution in [-0.2, 0) is 17.1 Å². The molecule has 0 radical (unpaired) electrons. The lowest BCUT2D eigenvalue weighted by atomic mass is 10.2. The van der Waals surface area contributed by atoms with Crippen LogP contribution in [0.15, 0.2) is 23.1 Å². The predicted molar refractivity (Wildman–Crippen MR) is 112 cm³/mol. The third-order valence-corrected chi connectivity index (χ3v) is 6.52. The van der Waals surface area contributed by atoms with Gasteiger partial charge in [-0.2, -0.15) is 5.10 Å². The summed E-state index contributed by atoms with van der Waals surface area (Å²) in [6, 6.07) is 2.90. The number of ether oxygens (including phenoxy) is 1. The van der Waals surface area contributed by atoms with Crippen molar-refractivity contribution in [2.45, 2.75) is 44.6 Å². The van der Waals surface area contributed by atoms with Crippen LogP contribution in [-0.4, -0.2) is 53.1 Å². The zero-order valence-corrected chi connectivity index (χ0v) is 18.6. The molecule has 12 heteroatoms. The minimum Gasteiger partial charge on any atom is -0.438 e. The molecule has 0 atom stereocenters. The summed E-state index contributed by atoms with van der Waals surface area (Å²) in [5.41, 5.74) is 0.298. The van der Waals surface area contributed by atoms with Gasteiger partial charge in [0.05, 0.1) is 4.92 Å². The smallest absolute Gasteiger partial charge is 0.274 e. The van der Waals surface area contributed by atoms with Crippen LogP contribution in [0, 0.1) is 17.0 Å². The normalized spacial score (nSPS) is 14.3. The summed E-state index contributed by atoms with van der Waals surface area (Å²) in [6.45, 7) is 6.26. The first-order chi connectivity index (χ1) is 14.5. The van der Waals surface area contributed by atoms with Crippen LogP contribution >= 0.6 is 0 Å². The maximum absolute atomic E-state index is 12.8. The number of nitrogens with zero attached hydrogens (tertiary/aromatic N) is 4. The van der Waals surface area contributed by atoms with Gasteiger partial charge in [-0.25, -0.2) is 17.8 Å². The van der Waals surface area contributed by atoms with Crippen LogP contribution in [0.25, 0.3) is 0 Å². The van der Waals surface area contributed by atoms with Gasteiger partial charge in [-0.3, -0.25) is 14.9 Å². The Balaban J connectivity index is 2.03. The summed E-state index contributed by atoms with van der Waals surface area (Å²) in [5.74, 6) is -0.138. The Hall–Kier alpha value is -2.99. The highest BCUT2D eigenvalue weighted by Gasteiger charge is 2.29. The third-order valence-electron chi connectivity index (χ3n) is 4.84. The average molecular weight is 452 g/mol. The largest absolute Gasteiger partial charge is 0.438 e. The topological polar surface area (TPSA) is 137 Å².